The highest BCUT2D eigenvalue weighted by Gasteiger charge is 2.33. The van der Waals surface area contributed by atoms with Gasteiger partial charge in [0.25, 0.3) is 0 Å². The maximum atomic E-state index is 8.87. The molecule has 0 aromatic heterocycles. The third kappa shape index (κ3) is 2.33. The van der Waals surface area contributed by atoms with E-state index in [4.69, 9.17) is 5.26 Å². The average molecular weight is 184 g/mol. The molecule has 0 spiro atoms. The van der Waals surface area contributed by atoms with Crippen molar-refractivity contribution in [1.29, 1.82) is 5.26 Å². The van der Waals surface area contributed by atoms with Gasteiger partial charge in [-0.25, -0.2) is 0 Å². The molecule has 0 aromatic rings. The van der Waals surface area contributed by atoms with Crippen LogP contribution in [0.3, 0.4) is 0 Å². The second-order valence-electron chi connectivity index (χ2n) is 3.68. The topological polar surface area (TPSA) is 27.0 Å². The number of nitriles is 1. The van der Waals surface area contributed by atoms with Crippen LogP contribution in [0.15, 0.2) is 0 Å². The van der Waals surface area contributed by atoms with Crippen molar-refractivity contribution in [2.75, 3.05) is 13.1 Å². The Morgan fingerprint density at radius 2 is 1.75 bits per heavy atom. The van der Waals surface area contributed by atoms with Crippen LogP contribution in [0.5, 0.6) is 0 Å². The zero-order valence-corrected chi connectivity index (χ0v) is 9.89. The Hall–Kier alpha value is -0.333. The van der Waals surface area contributed by atoms with E-state index in [1.54, 1.807) is 0 Å². The molecular weight excluding hydrogens is 164 g/mol. The Morgan fingerprint density at radius 3 is 2.00 bits per heavy atom. The summed E-state index contributed by atoms with van der Waals surface area (Å²) in [5.41, 5.74) is 0.220. The fourth-order valence-electron chi connectivity index (χ4n) is 1.47. The molecule has 0 aliphatic carbocycles. The van der Waals surface area contributed by atoms with E-state index in [0.717, 1.165) is 13.1 Å². The molecule has 0 aliphatic rings. The molecule has 2 nitrogen and oxygen atoms in total. The van der Waals surface area contributed by atoms with Crippen molar-refractivity contribution < 1.29 is 0 Å². The Bertz CT molecular complexity index is 168. The van der Waals surface area contributed by atoms with E-state index in [2.05, 4.69) is 37.6 Å². The third-order valence-corrected chi connectivity index (χ3v) is 7.34. The average Bonchev–Trinajstić information content (AvgIpc) is 2.04. The molecule has 0 saturated carbocycles. The van der Waals surface area contributed by atoms with E-state index in [-0.39, 0.29) is 5.54 Å². The molecule has 0 radical (unpaired) electrons. The van der Waals surface area contributed by atoms with Gasteiger partial charge < -0.3 is 4.57 Å². The summed E-state index contributed by atoms with van der Waals surface area (Å²) in [6, 6.07) is 2.37. The fraction of sp³-hybridized carbons (Fsp3) is 0.889. The SMILES string of the molecule is CCN(CC)[Si](C)(C)[C@@H](C)C#N. The van der Waals surface area contributed by atoms with Gasteiger partial charge in [0.15, 0.2) is 0 Å². The highest BCUT2D eigenvalue weighted by molar-refractivity contribution is 6.76. The second-order valence-corrected chi connectivity index (χ2v) is 8.48. The van der Waals surface area contributed by atoms with Gasteiger partial charge in [0.1, 0.15) is 8.24 Å². The van der Waals surface area contributed by atoms with Crippen LogP contribution in [0.4, 0.5) is 0 Å². The van der Waals surface area contributed by atoms with Crippen molar-refractivity contribution >= 4 is 8.24 Å². The Kier molecular flexibility index (Phi) is 4.51. The summed E-state index contributed by atoms with van der Waals surface area (Å²) in [6.45, 7) is 13.1. The van der Waals surface area contributed by atoms with Gasteiger partial charge in [0.05, 0.1) is 11.6 Å². The molecule has 0 rings (SSSR count). The first-order valence-corrected chi connectivity index (χ1v) is 7.67. The van der Waals surface area contributed by atoms with Crippen LogP contribution in [-0.4, -0.2) is 25.9 Å². The standard InChI is InChI=1S/C9H20N2Si/c1-6-11(7-2)12(4,5)9(3)8-10/h9H,6-7H2,1-5H3/t9-/m0/s1. The zero-order valence-electron chi connectivity index (χ0n) is 8.89. The second kappa shape index (κ2) is 4.63. The fourth-order valence-corrected chi connectivity index (χ4v) is 3.96. The number of hydrogen-bond acceptors (Lipinski definition) is 2. The van der Waals surface area contributed by atoms with E-state index in [1.165, 1.54) is 0 Å². The lowest BCUT2D eigenvalue weighted by Crippen LogP contribution is -2.50. The van der Waals surface area contributed by atoms with Crippen LogP contribution in [0.25, 0.3) is 0 Å². The molecule has 0 bridgehead atoms. The lowest BCUT2D eigenvalue weighted by atomic mass is 10.5. The normalized spacial score (nSPS) is 14.4. The quantitative estimate of drug-likeness (QED) is 0.628. The lowest BCUT2D eigenvalue weighted by molar-refractivity contribution is 0.461. The van der Waals surface area contributed by atoms with E-state index < -0.39 is 8.24 Å². The van der Waals surface area contributed by atoms with Crippen molar-refractivity contribution in [1.82, 2.24) is 4.57 Å². The summed E-state index contributed by atoms with van der Waals surface area (Å²) in [5, 5.41) is 8.87. The first-order valence-electron chi connectivity index (χ1n) is 4.65. The van der Waals surface area contributed by atoms with Gasteiger partial charge in [-0.2, -0.15) is 5.26 Å². The monoisotopic (exact) mass is 184 g/mol. The Morgan fingerprint density at radius 1 is 1.33 bits per heavy atom. The Balaban J connectivity index is 4.47. The minimum absolute atomic E-state index is 0.220. The highest BCUT2D eigenvalue weighted by Crippen LogP contribution is 2.23. The largest absolute Gasteiger partial charge is 0.323 e. The molecular formula is C9H20N2Si. The molecule has 0 unspecified atom stereocenters. The Labute approximate surface area is 77.3 Å². The molecule has 1 atom stereocenters. The molecule has 0 amide bonds. The summed E-state index contributed by atoms with van der Waals surface area (Å²) < 4.78 is 2.46. The van der Waals surface area contributed by atoms with Crippen molar-refractivity contribution in [3.63, 3.8) is 0 Å². The minimum Gasteiger partial charge on any atom is -0.323 e. The first-order chi connectivity index (χ1) is 5.50. The maximum Gasteiger partial charge on any atom is 0.139 e. The number of hydrogen-bond donors (Lipinski definition) is 0. The third-order valence-electron chi connectivity index (χ3n) is 2.83. The summed E-state index contributed by atoms with van der Waals surface area (Å²) >= 11 is 0. The molecule has 0 N–H and O–H groups in total. The van der Waals surface area contributed by atoms with Crippen molar-refractivity contribution in [3.8, 4) is 6.07 Å². The van der Waals surface area contributed by atoms with Gasteiger partial charge in [0.2, 0.25) is 0 Å². The predicted octanol–water partition coefficient (Wildman–Crippen LogP) is 2.45. The van der Waals surface area contributed by atoms with E-state index >= 15 is 0 Å². The van der Waals surface area contributed by atoms with Gasteiger partial charge in [-0.15, -0.1) is 0 Å². The highest BCUT2D eigenvalue weighted by atomic mass is 28.3. The first kappa shape index (κ1) is 11.7. The molecule has 0 heterocycles. The van der Waals surface area contributed by atoms with Crippen LogP contribution in [0.1, 0.15) is 20.8 Å². The van der Waals surface area contributed by atoms with Gasteiger partial charge >= 0.3 is 0 Å². The van der Waals surface area contributed by atoms with Crippen LogP contribution in [0, 0.1) is 11.3 Å². The summed E-state index contributed by atoms with van der Waals surface area (Å²) in [7, 11) is -1.46. The number of rotatable bonds is 4. The van der Waals surface area contributed by atoms with Crippen LogP contribution < -0.4 is 0 Å². The molecule has 0 aromatic carbocycles. The molecule has 3 heteroatoms. The van der Waals surface area contributed by atoms with Crippen molar-refractivity contribution in [2.24, 2.45) is 0 Å². The van der Waals surface area contributed by atoms with E-state index in [9.17, 15) is 0 Å². The zero-order chi connectivity index (χ0) is 9.78. The van der Waals surface area contributed by atoms with Gasteiger partial charge in [-0.1, -0.05) is 33.9 Å². The van der Waals surface area contributed by atoms with Gasteiger partial charge in [-0.3, -0.25) is 0 Å². The van der Waals surface area contributed by atoms with E-state index in [0.29, 0.717) is 0 Å². The summed E-state index contributed by atoms with van der Waals surface area (Å²) in [5.74, 6) is 0. The molecule has 0 saturated heterocycles. The van der Waals surface area contributed by atoms with Gasteiger partial charge in [-0.05, 0) is 13.1 Å². The maximum absolute atomic E-state index is 8.87. The molecule has 70 valence electrons. The molecule has 0 fully saturated rings. The van der Waals surface area contributed by atoms with Crippen molar-refractivity contribution in [3.05, 3.63) is 0 Å². The minimum atomic E-state index is -1.46. The predicted molar refractivity (Wildman–Crippen MR) is 55.4 cm³/mol. The summed E-state index contributed by atoms with van der Waals surface area (Å²) in [6.07, 6.45) is 0. The molecule has 0 aliphatic heterocycles. The number of nitrogens with zero attached hydrogens (tertiary/aromatic N) is 2. The lowest BCUT2D eigenvalue weighted by Gasteiger charge is -2.37. The summed E-state index contributed by atoms with van der Waals surface area (Å²) in [4.78, 5) is 0. The van der Waals surface area contributed by atoms with Crippen LogP contribution in [0.2, 0.25) is 18.6 Å². The molecule has 12 heavy (non-hydrogen) atoms. The van der Waals surface area contributed by atoms with Crippen LogP contribution in [-0.2, 0) is 0 Å². The van der Waals surface area contributed by atoms with Crippen LogP contribution >= 0.6 is 0 Å². The van der Waals surface area contributed by atoms with E-state index in [1.807, 2.05) is 6.92 Å². The smallest absolute Gasteiger partial charge is 0.139 e. The van der Waals surface area contributed by atoms with Gasteiger partial charge in [0, 0.05) is 0 Å². The van der Waals surface area contributed by atoms with Crippen molar-refractivity contribution in [2.45, 2.75) is 39.4 Å².